The highest BCUT2D eigenvalue weighted by atomic mass is 15.2. The van der Waals surface area contributed by atoms with Crippen LogP contribution in [0.2, 0.25) is 0 Å². The molecule has 0 aliphatic heterocycles. The van der Waals surface area contributed by atoms with Crippen molar-refractivity contribution in [3.8, 4) is 0 Å². The quantitative estimate of drug-likeness (QED) is 0.579. The molecule has 2 rings (SSSR count). The van der Waals surface area contributed by atoms with E-state index in [1.165, 1.54) is 5.39 Å². The van der Waals surface area contributed by atoms with E-state index >= 15 is 0 Å². The van der Waals surface area contributed by atoms with Crippen molar-refractivity contribution in [3.05, 3.63) is 36.0 Å². The van der Waals surface area contributed by atoms with Crippen LogP contribution in [0.4, 0.5) is 0 Å². The van der Waals surface area contributed by atoms with Gasteiger partial charge in [0.2, 0.25) is 0 Å². The smallest absolute Gasteiger partial charge is 0.191 e. The Morgan fingerprint density at radius 2 is 2.05 bits per heavy atom. The molecule has 1 heterocycles. The fourth-order valence-electron chi connectivity index (χ4n) is 2.03. The fourth-order valence-corrected chi connectivity index (χ4v) is 2.03. The molecule has 3 N–H and O–H groups in total. The first kappa shape index (κ1) is 14.4. The first-order chi connectivity index (χ1) is 9.69. The standard InChI is InChI=1S/C16H24N4/c1-4-17-16(18-10-12(2)3)19-11-14-9-13-7-5-6-8-15(13)20-14/h5-9,12,20H,4,10-11H2,1-3H3,(H2,17,18,19). The minimum Gasteiger partial charge on any atom is -0.357 e. The maximum absolute atomic E-state index is 4.61. The molecule has 0 spiro atoms. The highest BCUT2D eigenvalue weighted by molar-refractivity contribution is 5.81. The molecule has 0 atom stereocenters. The number of nitrogens with one attached hydrogen (secondary N) is 3. The van der Waals surface area contributed by atoms with E-state index in [1.807, 2.05) is 6.07 Å². The maximum atomic E-state index is 4.61. The van der Waals surface area contributed by atoms with Crippen LogP contribution < -0.4 is 10.6 Å². The second-order valence-electron chi connectivity index (χ2n) is 5.35. The lowest BCUT2D eigenvalue weighted by Gasteiger charge is -2.12. The monoisotopic (exact) mass is 272 g/mol. The Balaban J connectivity index is 2.03. The molecule has 4 heteroatoms. The number of fused-ring (bicyclic) bond motifs is 1. The minimum absolute atomic E-state index is 0.604. The van der Waals surface area contributed by atoms with Crippen LogP contribution in [0.1, 0.15) is 26.5 Å². The molecule has 1 aromatic carbocycles. The van der Waals surface area contributed by atoms with E-state index in [9.17, 15) is 0 Å². The molecule has 0 unspecified atom stereocenters. The van der Waals surface area contributed by atoms with Crippen LogP contribution in [-0.2, 0) is 6.54 Å². The number of aliphatic imine (C=N–C) groups is 1. The van der Waals surface area contributed by atoms with Gasteiger partial charge in [-0.1, -0.05) is 32.0 Å². The molecule has 20 heavy (non-hydrogen) atoms. The summed E-state index contributed by atoms with van der Waals surface area (Å²) in [7, 11) is 0. The predicted octanol–water partition coefficient (Wildman–Crippen LogP) is 2.88. The van der Waals surface area contributed by atoms with Crippen molar-refractivity contribution >= 4 is 16.9 Å². The van der Waals surface area contributed by atoms with Gasteiger partial charge in [0, 0.05) is 24.3 Å². The van der Waals surface area contributed by atoms with Gasteiger partial charge in [0.25, 0.3) is 0 Å². The van der Waals surface area contributed by atoms with Crippen molar-refractivity contribution in [1.82, 2.24) is 15.6 Å². The zero-order valence-corrected chi connectivity index (χ0v) is 12.5. The number of hydrogen-bond acceptors (Lipinski definition) is 1. The summed E-state index contributed by atoms with van der Waals surface area (Å²) in [4.78, 5) is 8.01. The Hall–Kier alpha value is -1.97. The Kier molecular flexibility index (Phi) is 5.04. The number of guanidine groups is 1. The zero-order chi connectivity index (χ0) is 14.4. The van der Waals surface area contributed by atoms with Crippen LogP contribution in [0.3, 0.4) is 0 Å². The van der Waals surface area contributed by atoms with Crippen molar-refractivity contribution in [3.63, 3.8) is 0 Å². The van der Waals surface area contributed by atoms with Crippen LogP contribution in [0.25, 0.3) is 10.9 Å². The zero-order valence-electron chi connectivity index (χ0n) is 12.5. The van der Waals surface area contributed by atoms with E-state index in [0.29, 0.717) is 12.5 Å². The van der Waals surface area contributed by atoms with Crippen molar-refractivity contribution in [2.24, 2.45) is 10.9 Å². The Morgan fingerprint density at radius 1 is 1.25 bits per heavy atom. The maximum Gasteiger partial charge on any atom is 0.191 e. The SMILES string of the molecule is CCNC(=NCc1cc2ccccc2[nH]1)NCC(C)C. The molecule has 0 saturated heterocycles. The van der Waals surface area contributed by atoms with Gasteiger partial charge in [0.05, 0.1) is 6.54 Å². The predicted molar refractivity (Wildman–Crippen MR) is 86.0 cm³/mol. The summed E-state index contributed by atoms with van der Waals surface area (Å²) in [5, 5.41) is 7.85. The first-order valence-corrected chi connectivity index (χ1v) is 7.28. The molecular weight excluding hydrogens is 248 g/mol. The number of aromatic nitrogens is 1. The van der Waals surface area contributed by atoms with Crippen LogP contribution in [0.5, 0.6) is 0 Å². The number of rotatable bonds is 5. The molecule has 0 bridgehead atoms. The second-order valence-corrected chi connectivity index (χ2v) is 5.35. The lowest BCUT2D eigenvalue weighted by Crippen LogP contribution is -2.39. The highest BCUT2D eigenvalue weighted by Gasteiger charge is 2.01. The van der Waals surface area contributed by atoms with Crippen molar-refractivity contribution in [2.45, 2.75) is 27.3 Å². The lowest BCUT2D eigenvalue weighted by molar-refractivity contribution is 0.614. The van der Waals surface area contributed by atoms with Crippen molar-refractivity contribution in [1.29, 1.82) is 0 Å². The number of para-hydroxylation sites is 1. The van der Waals surface area contributed by atoms with Gasteiger partial charge in [-0.15, -0.1) is 0 Å². The third kappa shape index (κ3) is 4.02. The van der Waals surface area contributed by atoms with Crippen LogP contribution >= 0.6 is 0 Å². The molecule has 0 aliphatic rings. The third-order valence-electron chi connectivity index (χ3n) is 3.02. The number of nitrogens with zero attached hydrogens (tertiary/aromatic N) is 1. The Bertz CT molecular complexity index is 536. The fraction of sp³-hybridized carbons (Fsp3) is 0.438. The Morgan fingerprint density at radius 3 is 2.75 bits per heavy atom. The summed E-state index contributed by atoms with van der Waals surface area (Å²) >= 11 is 0. The molecule has 0 amide bonds. The molecule has 4 nitrogen and oxygen atoms in total. The average molecular weight is 272 g/mol. The largest absolute Gasteiger partial charge is 0.357 e. The van der Waals surface area contributed by atoms with E-state index < -0.39 is 0 Å². The topological polar surface area (TPSA) is 52.2 Å². The van der Waals surface area contributed by atoms with Crippen molar-refractivity contribution < 1.29 is 0 Å². The number of benzene rings is 1. The first-order valence-electron chi connectivity index (χ1n) is 7.28. The second kappa shape index (κ2) is 6.98. The van der Waals surface area contributed by atoms with Gasteiger partial charge in [-0.25, -0.2) is 4.99 Å². The number of aromatic amines is 1. The Labute approximate surface area is 120 Å². The summed E-state index contributed by atoms with van der Waals surface area (Å²) in [5.41, 5.74) is 2.30. The molecule has 2 aromatic rings. The molecule has 108 valence electrons. The highest BCUT2D eigenvalue weighted by Crippen LogP contribution is 2.14. The van der Waals surface area contributed by atoms with E-state index in [0.717, 1.165) is 30.3 Å². The molecular formula is C16H24N4. The van der Waals surface area contributed by atoms with E-state index in [1.54, 1.807) is 0 Å². The summed E-state index contributed by atoms with van der Waals surface area (Å²) < 4.78 is 0. The van der Waals surface area contributed by atoms with E-state index in [2.05, 4.69) is 65.6 Å². The lowest BCUT2D eigenvalue weighted by atomic mass is 10.2. The van der Waals surface area contributed by atoms with Crippen molar-refractivity contribution in [2.75, 3.05) is 13.1 Å². The van der Waals surface area contributed by atoms with Gasteiger partial charge in [0.1, 0.15) is 0 Å². The normalized spacial score (nSPS) is 12.1. The molecule has 0 aliphatic carbocycles. The summed E-state index contributed by atoms with van der Waals surface area (Å²) in [6.45, 7) is 8.91. The van der Waals surface area contributed by atoms with Crippen LogP contribution in [0.15, 0.2) is 35.3 Å². The van der Waals surface area contributed by atoms with Crippen LogP contribution in [0, 0.1) is 5.92 Å². The van der Waals surface area contributed by atoms with Gasteiger partial charge in [-0.2, -0.15) is 0 Å². The summed E-state index contributed by atoms with van der Waals surface area (Å²) in [6.07, 6.45) is 0. The van der Waals surface area contributed by atoms with Gasteiger partial charge >= 0.3 is 0 Å². The minimum atomic E-state index is 0.604. The molecule has 1 aromatic heterocycles. The third-order valence-corrected chi connectivity index (χ3v) is 3.02. The van der Waals surface area contributed by atoms with Gasteiger partial charge in [0.15, 0.2) is 5.96 Å². The summed E-state index contributed by atoms with van der Waals surface area (Å²) in [6, 6.07) is 10.5. The number of H-pyrrole nitrogens is 1. The van der Waals surface area contributed by atoms with Gasteiger partial charge < -0.3 is 15.6 Å². The number of hydrogen-bond donors (Lipinski definition) is 3. The van der Waals surface area contributed by atoms with E-state index in [-0.39, 0.29) is 0 Å². The summed E-state index contributed by atoms with van der Waals surface area (Å²) in [5.74, 6) is 1.48. The molecule has 0 radical (unpaired) electrons. The van der Waals surface area contributed by atoms with Gasteiger partial charge in [-0.3, -0.25) is 0 Å². The van der Waals surface area contributed by atoms with Gasteiger partial charge in [-0.05, 0) is 30.4 Å². The average Bonchev–Trinajstić information content (AvgIpc) is 2.84. The van der Waals surface area contributed by atoms with E-state index in [4.69, 9.17) is 0 Å². The molecule has 0 fully saturated rings. The molecule has 0 saturated carbocycles. The van der Waals surface area contributed by atoms with Crippen LogP contribution in [-0.4, -0.2) is 24.0 Å².